The van der Waals surface area contributed by atoms with E-state index in [-0.39, 0.29) is 0 Å². The van der Waals surface area contributed by atoms with E-state index in [1.165, 1.54) is 0 Å². The first-order valence-corrected chi connectivity index (χ1v) is 5.68. The van der Waals surface area contributed by atoms with Crippen molar-refractivity contribution in [3.8, 4) is 0 Å². The molecular weight excluding hydrogens is 248 g/mol. The molecule has 0 saturated carbocycles. The zero-order chi connectivity index (χ0) is 14.6. The molecule has 1 rings (SSSR count). The van der Waals surface area contributed by atoms with E-state index in [1.807, 2.05) is 0 Å². The van der Waals surface area contributed by atoms with Crippen LogP contribution in [0.15, 0.2) is 18.2 Å². The molecule has 0 aliphatic heterocycles. The fourth-order valence-corrected chi connectivity index (χ4v) is 1.86. The molecule has 1 aromatic rings. The van der Waals surface area contributed by atoms with Crippen LogP contribution in [0.3, 0.4) is 0 Å². The Labute approximate surface area is 110 Å². The Bertz CT molecular complexity index is 489. The molecule has 1 aromatic carbocycles. The first-order chi connectivity index (χ1) is 8.82. The summed E-state index contributed by atoms with van der Waals surface area (Å²) in [6.07, 6.45) is 0. The maximum Gasteiger partial charge on any atom is 0.323 e. The minimum absolute atomic E-state index is 0.407. The SMILES string of the molecule is Cc1cccc(C)c1C(=O)N(CC(N)=O)CC(=O)O. The zero-order valence-electron chi connectivity index (χ0n) is 10.8. The summed E-state index contributed by atoms with van der Waals surface area (Å²) in [6, 6.07) is 5.31. The molecule has 6 nitrogen and oxygen atoms in total. The maximum absolute atomic E-state index is 12.3. The number of carbonyl (C=O) groups is 3. The number of primary amides is 1. The van der Waals surface area contributed by atoms with Gasteiger partial charge < -0.3 is 15.7 Å². The molecule has 0 bridgehead atoms. The summed E-state index contributed by atoms with van der Waals surface area (Å²) in [7, 11) is 0. The number of nitrogens with zero attached hydrogens (tertiary/aromatic N) is 1. The molecule has 6 heteroatoms. The summed E-state index contributed by atoms with van der Waals surface area (Å²) in [5, 5.41) is 8.79. The van der Waals surface area contributed by atoms with Crippen LogP contribution in [0.2, 0.25) is 0 Å². The highest BCUT2D eigenvalue weighted by molar-refractivity contribution is 6.00. The van der Waals surface area contributed by atoms with Gasteiger partial charge in [0, 0.05) is 5.56 Å². The molecule has 0 radical (unpaired) electrons. The van der Waals surface area contributed by atoms with Crippen LogP contribution in [-0.4, -0.2) is 40.9 Å². The van der Waals surface area contributed by atoms with Gasteiger partial charge in [0.05, 0.1) is 0 Å². The van der Waals surface area contributed by atoms with E-state index in [1.54, 1.807) is 32.0 Å². The summed E-state index contributed by atoms with van der Waals surface area (Å²) < 4.78 is 0. The second kappa shape index (κ2) is 5.99. The quantitative estimate of drug-likeness (QED) is 0.799. The van der Waals surface area contributed by atoms with Gasteiger partial charge in [0.1, 0.15) is 13.1 Å². The number of aliphatic carboxylic acids is 1. The predicted octanol–water partition coefficient (Wildman–Crippen LogP) is 0.316. The van der Waals surface area contributed by atoms with Crippen LogP contribution in [0.25, 0.3) is 0 Å². The standard InChI is InChI=1S/C13H16N2O4/c1-8-4-3-5-9(2)12(8)13(19)15(6-10(14)16)7-11(17)18/h3-5H,6-7H2,1-2H3,(H2,14,16)(H,17,18). The van der Waals surface area contributed by atoms with Crippen molar-refractivity contribution in [2.24, 2.45) is 5.73 Å². The third-order valence-corrected chi connectivity index (χ3v) is 2.66. The van der Waals surface area contributed by atoms with E-state index in [2.05, 4.69) is 0 Å². The van der Waals surface area contributed by atoms with Gasteiger partial charge in [-0.25, -0.2) is 0 Å². The summed E-state index contributed by atoms with van der Waals surface area (Å²) in [5.41, 5.74) is 6.90. The lowest BCUT2D eigenvalue weighted by atomic mass is 10.0. The van der Waals surface area contributed by atoms with Gasteiger partial charge in [0.15, 0.2) is 0 Å². The highest BCUT2D eigenvalue weighted by Gasteiger charge is 2.22. The second-order valence-electron chi connectivity index (χ2n) is 4.29. The van der Waals surface area contributed by atoms with Crippen molar-refractivity contribution in [3.63, 3.8) is 0 Å². The monoisotopic (exact) mass is 264 g/mol. The molecule has 102 valence electrons. The number of aryl methyl sites for hydroxylation is 2. The molecule has 0 atom stereocenters. The van der Waals surface area contributed by atoms with Gasteiger partial charge in [-0.15, -0.1) is 0 Å². The fourth-order valence-electron chi connectivity index (χ4n) is 1.86. The van der Waals surface area contributed by atoms with Gasteiger partial charge in [-0.05, 0) is 25.0 Å². The van der Waals surface area contributed by atoms with Gasteiger partial charge in [0.2, 0.25) is 5.91 Å². The minimum Gasteiger partial charge on any atom is -0.480 e. The first-order valence-electron chi connectivity index (χ1n) is 5.68. The topological polar surface area (TPSA) is 101 Å². The predicted molar refractivity (Wildman–Crippen MR) is 68.6 cm³/mol. The van der Waals surface area contributed by atoms with Crippen molar-refractivity contribution in [1.29, 1.82) is 0 Å². The lowest BCUT2D eigenvalue weighted by molar-refractivity contribution is -0.138. The van der Waals surface area contributed by atoms with E-state index in [0.717, 1.165) is 16.0 Å². The Morgan fingerprint density at radius 3 is 2.11 bits per heavy atom. The Kier molecular flexibility index (Phi) is 4.63. The molecule has 0 spiro atoms. The lowest BCUT2D eigenvalue weighted by Crippen LogP contribution is -2.42. The molecular formula is C13H16N2O4. The number of carbonyl (C=O) groups excluding carboxylic acids is 2. The Balaban J connectivity index is 3.11. The summed E-state index contributed by atoms with van der Waals surface area (Å²) >= 11 is 0. The van der Waals surface area contributed by atoms with Crippen molar-refractivity contribution in [2.75, 3.05) is 13.1 Å². The Morgan fingerprint density at radius 1 is 1.16 bits per heavy atom. The van der Waals surface area contributed by atoms with Crippen LogP contribution < -0.4 is 5.73 Å². The fraction of sp³-hybridized carbons (Fsp3) is 0.308. The summed E-state index contributed by atoms with van der Waals surface area (Å²) in [5.74, 6) is -2.45. The van der Waals surface area contributed by atoms with Crippen molar-refractivity contribution >= 4 is 17.8 Å². The zero-order valence-corrected chi connectivity index (χ0v) is 10.8. The third kappa shape index (κ3) is 3.80. The number of rotatable bonds is 5. The number of carboxylic acids is 1. The van der Waals surface area contributed by atoms with Crippen LogP contribution in [0.1, 0.15) is 21.5 Å². The van der Waals surface area contributed by atoms with Crippen LogP contribution >= 0.6 is 0 Å². The maximum atomic E-state index is 12.3. The highest BCUT2D eigenvalue weighted by atomic mass is 16.4. The van der Waals surface area contributed by atoms with Gasteiger partial charge in [-0.2, -0.15) is 0 Å². The van der Waals surface area contributed by atoms with E-state index in [9.17, 15) is 14.4 Å². The van der Waals surface area contributed by atoms with Crippen LogP contribution in [0, 0.1) is 13.8 Å². The smallest absolute Gasteiger partial charge is 0.323 e. The number of benzene rings is 1. The number of carboxylic acid groups (broad SMARTS) is 1. The Hall–Kier alpha value is -2.37. The molecule has 0 heterocycles. The van der Waals surface area contributed by atoms with Crippen molar-refractivity contribution in [3.05, 3.63) is 34.9 Å². The molecule has 0 aliphatic rings. The van der Waals surface area contributed by atoms with Crippen molar-refractivity contribution in [1.82, 2.24) is 4.90 Å². The van der Waals surface area contributed by atoms with E-state index in [0.29, 0.717) is 5.56 Å². The van der Waals surface area contributed by atoms with Crippen molar-refractivity contribution in [2.45, 2.75) is 13.8 Å². The van der Waals surface area contributed by atoms with Gasteiger partial charge >= 0.3 is 5.97 Å². The number of amides is 2. The molecule has 2 amide bonds. The molecule has 0 aromatic heterocycles. The molecule has 3 N–H and O–H groups in total. The first kappa shape index (κ1) is 14.7. The van der Waals surface area contributed by atoms with Crippen molar-refractivity contribution < 1.29 is 19.5 Å². The Morgan fingerprint density at radius 2 is 1.68 bits per heavy atom. The van der Waals surface area contributed by atoms with E-state index < -0.39 is 30.9 Å². The largest absolute Gasteiger partial charge is 0.480 e. The second-order valence-corrected chi connectivity index (χ2v) is 4.29. The van der Waals surface area contributed by atoms with Gasteiger partial charge in [-0.3, -0.25) is 14.4 Å². The third-order valence-electron chi connectivity index (χ3n) is 2.66. The lowest BCUT2D eigenvalue weighted by Gasteiger charge is -2.21. The normalized spacial score (nSPS) is 10.0. The number of hydrogen-bond donors (Lipinski definition) is 2. The molecule has 0 saturated heterocycles. The number of hydrogen-bond acceptors (Lipinski definition) is 3. The highest BCUT2D eigenvalue weighted by Crippen LogP contribution is 2.15. The van der Waals surface area contributed by atoms with Gasteiger partial charge in [-0.1, -0.05) is 18.2 Å². The molecule has 19 heavy (non-hydrogen) atoms. The van der Waals surface area contributed by atoms with Gasteiger partial charge in [0.25, 0.3) is 5.91 Å². The van der Waals surface area contributed by atoms with Crippen LogP contribution in [0.5, 0.6) is 0 Å². The minimum atomic E-state index is -1.19. The van der Waals surface area contributed by atoms with Crippen LogP contribution in [-0.2, 0) is 9.59 Å². The average molecular weight is 264 g/mol. The summed E-state index contributed by atoms with van der Waals surface area (Å²) in [6.45, 7) is 2.53. The number of nitrogens with two attached hydrogens (primary N) is 1. The average Bonchev–Trinajstić information content (AvgIpc) is 2.26. The van der Waals surface area contributed by atoms with E-state index >= 15 is 0 Å². The van der Waals surface area contributed by atoms with Crippen LogP contribution in [0.4, 0.5) is 0 Å². The summed E-state index contributed by atoms with van der Waals surface area (Å²) in [4.78, 5) is 34.9. The molecule has 0 unspecified atom stereocenters. The molecule has 0 fully saturated rings. The molecule has 0 aliphatic carbocycles. The van der Waals surface area contributed by atoms with E-state index in [4.69, 9.17) is 10.8 Å².